The summed E-state index contributed by atoms with van der Waals surface area (Å²) in [5.74, 6) is 0. The van der Waals surface area contributed by atoms with Gasteiger partial charge >= 0.3 is 6.01 Å². The average molecular weight is 259 g/mol. The number of rotatable bonds is 6. The Labute approximate surface area is 112 Å². The van der Waals surface area contributed by atoms with Crippen LogP contribution >= 0.6 is 0 Å². The molecule has 5 heteroatoms. The Balaban J connectivity index is 1.78. The van der Waals surface area contributed by atoms with Crippen LogP contribution in [0.2, 0.25) is 0 Å². The van der Waals surface area contributed by atoms with E-state index in [4.69, 9.17) is 9.84 Å². The van der Waals surface area contributed by atoms with Gasteiger partial charge in [0.15, 0.2) is 0 Å². The summed E-state index contributed by atoms with van der Waals surface area (Å²) < 4.78 is 5.49. The molecule has 2 aromatic heterocycles. The molecule has 0 saturated heterocycles. The minimum absolute atomic E-state index is 0.0475. The van der Waals surface area contributed by atoms with E-state index >= 15 is 0 Å². The molecule has 1 N–H and O–H groups in total. The second-order valence-electron chi connectivity index (χ2n) is 4.23. The van der Waals surface area contributed by atoms with Crippen molar-refractivity contribution in [3.05, 3.63) is 47.5 Å². The van der Waals surface area contributed by atoms with Crippen LogP contribution in [0.1, 0.15) is 23.2 Å². The number of aliphatic hydroxyl groups is 1. The molecule has 0 amide bonds. The zero-order valence-corrected chi connectivity index (χ0v) is 10.9. The van der Waals surface area contributed by atoms with E-state index in [0.29, 0.717) is 12.6 Å². The number of hydrogen-bond acceptors (Lipinski definition) is 5. The van der Waals surface area contributed by atoms with Gasteiger partial charge in [0.2, 0.25) is 0 Å². The van der Waals surface area contributed by atoms with Crippen LogP contribution in [0.3, 0.4) is 0 Å². The smallest absolute Gasteiger partial charge is 0.316 e. The van der Waals surface area contributed by atoms with Crippen LogP contribution in [0.25, 0.3) is 0 Å². The average Bonchev–Trinajstić information content (AvgIpc) is 2.45. The molecule has 0 bridgehead atoms. The second-order valence-corrected chi connectivity index (χ2v) is 4.23. The molecule has 0 aliphatic heterocycles. The van der Waals surface area contributed by atoms with Crippen molar-refractivity contribution in [3.8, 4) is 6.01 Å². The normalized spacial score (nSPS) is 10.4. The van der Waals surface area contributed by atoms with Crippen LogP contribution in [0.5, 0.6) is 6.01 Å². The summed E-state index contributed by atoms with van der Waals surface area (Å²) in [4.78, 5) is 12.2. The van der Waals surface area contributed by atoms with Gasteiger partial charge in [-0.3, -0.25) is 4.98 Å². The van der Waals surface area contributed by atoms with Crippen molar-refractivity contribution < 1.29 is 9.84 Å². The van der Waals surface area contributed by atoms with E-state index in [1.54, 1.807) is 18.6 Å². The van der Waals surface area contributed by atoms with Gasteiger partial charge in [0.1, 0.15) is 0 Å². The monoisotopic (exact) mass is 259 g/mol. The first-order chi connectivity index (χ1) is 9.29. The SMILES string of the molecule is Cc1nc(OCCCc2ccncc2)ncc1CO. The maximum atomic E-state index is 9.02. The predicted molar refractivity (Wildman–Crippen MR) is 70.7 cm³/mol. The molecule has 19 heavy (non-hydrogen) atoms. The van der Waals surface area contributed by atoms with Gasteiger partial charge in [0, 0.05) is 24.2 Å². The third-order valence-corrected chi connectivity index (χ3v) is 2.82. The zero-order valence-electron chi connectivity index (χ0n) is 10.9. The molecular weight excluding hydrogens is 242 g/mol. The molecule has 0 saturated carbocycles. The predicted octanol–water partition coefficient (Wildman–Crippen LogP) is 1.68. The van der Waals surface area contributed by atoms with Crippen molar-refractivity contribution in [2.24, 2.45) is 0 Å². The third kappa shape index (κ3) is 3.99. The first-order valence-corrected chi connectivity index (χ1v) is 6.24. The highest BCUT2D eigenvalue weighted by atomic mass is 16.5. The molecule has 2 aromatic rings. The highest BCUT2D eigenvalue weighted by Gasteiger charge is 2.03. The van der Waals surface area contributed by atoms with Crippen molar-refractivity contribution in [3.63, 3.8) is 0 Å². The van der Waals surface area contributed by atoms with E-state index in [1.807, 2.05) is 19.1 Å². The topological polar surface area (TPSA) is 68.1 Å². The molecule has 0 aliphatic rings. The van der Waals surface area contributed by atoms with Crippen LogP contribution in [-0.4, -0.2) is 26.7 Å². The fraction of sp³-hybridized carbons (Fsp3) is 0.357. The number of hydrogen-bond donors (Lipinski definition) is 1. The highest BCUT2D eigenvalue weighted by Crippen LogP contribution is 2.09. The van der Waals surface area contributed by atoms with Crippen LogP contribution < -0.4 is 4.74 Å². The lowest BCUT2D eigenvalue weighted by Crippen LogP contribution is -2.04. The van der Waals surface area contributed by atoms with Crippen molar-refractivity contribution in [1.29, 1.82) is 0 Å². The first kappa shape index (κ1) is 13.4. The summed E-state index contributed by atoms with van der Waals surface area (Å²) in [5.41, 5.74) is 2.72. The molecule has 0 unspecified atom stereocenters. The third-order valence-electron chi connectivity index (χ3n) is 2.82. The molecule has 0 aliphatic carbocycles. The van der Waals surface area contributed by atoms with Crippen molar-refractivity contribution >= 4 is 0 Å². The van der Waals surface area contributed by atoms with Crippen molar-refractivity contribution in [2.45, 2.75) is 26.4 Å². The summed E-state index contributed by atoms with van der Waals surface area (Å²) in [6, 6.07) is 4.36. The standard InChI is InChI=1S/C14H17N3O2/c1-11-13(10-18)9-16-14(17-11)19-8-2-3-12-4-6-15-7-5-12/h4-7,9,18H,2-3,8,10H2,1H3. The van der Waals surface area contributed by atoms with Crippen LogP contribution in [0, 0.1) is 6.92 Å². The van der Waals surface area contributed by atoms with Crippen molar-refractivity contribution in [2.75, 3.05) is 6.61 Å². The van der Waals surface area contributed by atoms with Gasteiger partial charge in [-0.15, -0.1) is 0 Å². The summed E-state index contributed by atoms with van der Waals surface area (Å²) in [7, 11) is 0. The fourth-order valence-corrected chi connectivity index (χ4v) is 1.68. The highest BCUT2D eigenvalue weighted by molar-refractivity contribution is 5.16. The van der Waals surface area contributed by atoms with Gasteiger partial charge in [-0.25, -0.2) is 9.97 Å². The maximum Gasteiger partial charge on any atom is 0.316 e. The molecule has 100 valence electrons. The number of pyridine rings is 1. The number of ether oxygens (including phenoxy) is 1. The molecule has 0 fully saturated rings. The molecule has 5 nitrogen and oxygen atoms in total. The Bertz CT molecular complexity index is 517. The Hall–Kier alpha value is -2.01. The molecular formula is C14H17N3O2. The molecule has 2 rings (SSSR count). The number of aliphatic hydroxyl groups excluding tert-OH is 1. The van der Waals surface area contributed by atoms with Crippen molar-refractivity contribution in [1.82, 2.24) is 15.0 Å². The molecule has 0 spiro atoms. The van der Waals surface area contributed by atoms with E-state index in [9.17, 15) is 0 Å². The maximum absolute atomic E-state index is 9.02. The summed E-state index contributed by atoms with van der Waals surface area (Å²) in [6.45, 7) is 2.35. The molecule has 2 heterocycles. The largest absolute Gasteiger partial charge is 0.463 e. The lowest BCUT2D eigenvalue weighted by Gasteiger charge is -2.06. The molecule has 0 atom stereocenters. The van der Waals surface area contributed by atoms with Gasteiger partial charge in [-0.2, -0.15) is 0 Å². The van der Waals surface area contributed by atoms with Gasteiger partial charge in [0.25, 0.3) is 0 Å². The van der Waals surface area contributed by atoms with Crippen LogP contribution in [-0.2, 0) is 13.0 Å². The Morgan fingerprint density at radius 1 is 1.26 bits per heavy atom. The van der Waals surface area contributed by atoms with Gasteiger partial charge in [0.05, 0.1) is 18.9 Å². The minimum atomic E-state index is -0.0475. The molecule has 0 aromatic carbocycles. The van der Waals surface area contributed by atoms with E-state index in [0.717, 1.165) is 24.1 Å². The second kappa shape index (κ2) is 6.80. The Morgan fingerprint density at radius 2 is 2.05 bits per heavy atom. The fourth-order valence-electron chi connectivity index (χ4n) is 1.68. The van der Waals surface area contributed by atoms with E-state index in [1.165, 1.54) is 5.56 Å². The minimum Gasteiger partial charge on any atom is -0.463 e. The lowest BCUT2D eigenvalue weighted by atomic mass is 10.1. The van der Waals surface area contributed by atoms with E-state index in [-0.39, 0.29) is 6.61 Å². The van der Waals surface area contributed by atoms with E-state index < -0.39 is 0 Å². The Kier molecular flexibility index (Phi) is 4.80. The summed E-state index contributed by atoms with van der Waals surface area (Å²) in [6.07, 6.45) is 7.01. The first-order valence-electron chi connectivity index (χ1n) is 6.24. The van der Waals surface area contributed by atoms with E-state index in [2.05, 4.69) is 15.0 Å². The zero-order chi connectivity index (χ0) is 13.5. The van der Waals surface area contributed by atoms with Crippen LogP contribution in [0.15, 0.2) is 30.7 Å². The number of nitrogens with zero attached hydrogens (tertiary/aromatic N) is 3. The van der Waals surface area contributed by atoms with Crippen LogP contribution in [0.4, 0.5) is 0 Å². The van der Waals surface area contributed by atoms with Gasteiger partial charge in [-0.1, -0.05) is 0 Å². The Morgan fingerprint density at radius 3 is 2.74 bits per heavy atom. The number of aryl methyl sites for hydroxylation is 2. The van der Waals surface area contributed by atoms with Gasteiger partial charge in [-0.05, 0) is 37.5 Å². The quantitative estimate of drug-likeness (QED) is 0.799. The molecule has 0 radical (unpaired) electrons. The summed E-state index contributed by atoms with van der Waals surface area (Å²) in [5, 5.41) is 9.02. The summed E-state index contributed by atoms with van der Waals surface area (Å²) >= 11 is 0. The van der Waals surface area contributed by atoms with Gasteiger partial charge < -0.3 is 9.84 Å². The number of aromatic nitrogens is 3. The lowest BCUT2D eigenvalue weighted by molar-refractivity contribution is 0.272.